The van der Waals surface area contributed by atoms with E-state index in [9.17, 15) is 0 Å². The second kappa shape index (κ2) is 5.83. The predicted molar refractivity (Wildman–Crippen MR) is 69.6 cm³/mol. The first-order valence-electron chi connectivity index (χ1n) is 6.79. The molecule has 1 aliphatic heterocycles. The Morgan fingerprint density at radius 1 is 1.19 bits per heavy atom. The van der Waals surface area contributed by atoms with Gasteiger partial charge in [-0.25, -0.2) is 0 Å². The molecule has 0 radical (unpaired) electrons. The molecule has 92 valence electrons. The van der Waals surface area contributed by atoms with Gasteiger partial charge in [-0.3, -0.25) is 0 Å². The molecule has 2 nitrogen and oxygen atoms in total. The molecule has 1 heterocycles. The van der Waals surface area contributed by atoms with Gasteiger partial charge in [0, 0.05) is 12.6 Å². The zero-order valence-electron chi connectivity index (χ0n) is 10.9. The number of piperidine rings is 1. The van der Waals surface area contributed by atoms with Crippen molar-refractivity contribution >= 4 is 0 Å². The molecule has 1 atom stereocenters. The predicted octanol–water partition coefficient (Wildman–Crippen LogP) is 2.37. The summed E-state index contributed by atoms with van der Waals surface area (Å²) in [5.74, 6) is 0.912. The van der Waals surface area contributed by atoms with Gasteiger partial charge in [0.05, 0.1) is 0 Å². The maximum absolute atomic E-state index is 2.62. The lowest BCUT2D eigenvalue weighted by Gasteiger charge is -2.37. The smallest absolute Gasteiger partial charge is 0.0117 e. The molecule has 2 heteroatoms. The van der Waals surface area contributed by atoms with Crippen molar-refractivity contribution < 1.29 is 0 Å². The molecule has 0 bridgehead atoms. The summed E-state index contributed by atoms with van der Waals surface area (Å²) in [5.41, 5.74) is 0. The van der Waals surface area contributed by atoms with Crippen molar-refractivity contribution in [2.24, 2.45) is 5.92 Å². The third-order valence-corrected chi connectivity index (χ3v) is 4.24. The fraction of sp³-hybridized carbons (Fsp3) is 0.857. The highest BCUT2D eigenvalue weighted by Crippen LogP contribution is 2.22. The van der Waals surface area contributed by atoms with E-state index in [2.05, 4.69) is 36.0 Å². The van der Waals surface area contributed by atoms with Crippen molar-refractivity contribution in [2.75, 3.05) is 33.7 Å². The number of allylic oxidation sites excluding steroid dienone is 2. The summed E-state index contributed by atoms with van der Waals surface area (Å²) in [6.45, 7) is 3.86. The summed E-state index contributed by atoms with van der Waals surface area (Å²) in [5, 5.41) is 0. The molecular formula is C14H26N2. The highest BCUT2D eigenvalue weighted by atomic mass is 15.2. The monoisotopic (exact) mass is 222 g/mol. The summed E-state index contributed by atoms with van der Waals surface area (Å²) < 4.78 is 0. The Morgan fingerprint density at radius 2 is 1.94 bits per heavy atom. The molecule has 1 saturated heterocycles. The molecule has 0 aromatic heterocycles. The lowest BCUT2D eigenvalue weighted by atomic mass is 9.93. The molecule has 16 heavy (non-hydrogen) atoms. The molecule has 1 aliphatic carbocycles. The van der Waals surface area contributed by atoms with Crippen LogP contribution in [-0.4, -0.2) is 49.6 Å². The first-order chi connectivity index (χ1) is 7.75. The van der Waals surface area contributed by atoms with E-state index in [1.54, 1.807) is 0 Å². The number of hydrogen-bond donors (Lipinski definition) is 0. The number of nitrogens with zero attached hydrogens (tertiary/aromatic N) is 2. The van der Waals surface area contributed by atoms with Crippen molar-refractivity contribution in [1.82, 2.24) is 9.80 Å². The largest absolute Gasteiger partial charge is 0.306 e. The second-order valence-corrected chi connectivity index (χ2v) is 5.62. The van der Waals surface area contributed by atoms with Gasteiger partial charge in [-0.2, -0.15) is 0 Å². The van der Waals surface area contributed by atoms with Gasteiger partial charge in [-0.1, -0.05) is 12.2 Å². The quantitative estimate of drug-likeness (QED) is 0.676. The first-order valence-corrected chi connectivity index (χ1v) is 6.79. The fourth-order valence-electron chi connectivity index (χ4n) is 3.01. The van der Waals surface area contributed by atoms with Gasteiger partial charge in [0.15, 0.2) is 0 Å². The normalized spacial score (nSPS) is 28.8. The van der Waals surface area contributed by atoms with Crippen LogP contribution < -0.4 is 0 Å². The van der Waals surface area contributed by atoms with Crippen molar-refractivity contribution in [2.45, 2.75) is 38.1 Å². The number of rotatable bonds is 3. The zero-order valence-corrected chi connectivity index (χ0v) is 10.9. The van der Waals surface area contributed by atoms with E-state index >= 15 is 0 Å². The Labute approximate surface area is 100 Å². The Kier molecular flexibility index (Phi) is 4.42. The second-order valence-electron chi connectivity index (χ2n) is 5.62. The summed E-state index contributed by atoms with van der Waals surface area (Å²) in [6.07, 6.45) is 11.4. The Hall–Kier alpha value is -0.340. The molecule has 2 rings (SSSR count). The fourth-order valence-corrected chi connectivity index (χ4v) is 3.01. The lowest BCUT2D eigenvalue weighted by Crippen LogP contribution is -2.43. The SMILES string of the molecule is CN1CCC(N(C)CC2CC=CCC2)CC1. The molecule has 0 amide bonds. The molecule has 2 aliphatic rings. The van der Waals surface area contributed by atoms with E-state index < -0.39 is 0 Å². The molecule has 0 aromatic carbocycles. The van der Waals surface area contributed by atoms with Crippen LogP contribution in [0, 0.1) is 5.92 Å². The topological polar surface area (TPSA) is 6.48 Å². The van der Waals surface area contributed by atoms with Crippen molar-refractivity contribution in [3.05, 3.63) is 12.2 Å². The van der Waals surface area contributed by atoms with Crippen LogP contribution in [0.15, 0.2) is 12.2 Å². The van der Waals surface area contributed by atoms with E-state index in [0.717, 1.165) is 12.0 Å². The van der Waals surface area contributed by atoms with Crippen LogP contribution >= 0.6 is 0 Å². The Balaban J connectivity index is 1.74. The Morgan fingerprint density at radius 3 is 2.56 bits per heavy atom. The summed E-state index contributed by atoms with van der Waals surface area (Å²) in [7, 11) is 4.57. The van der Waals surface area contributed by atoms with Crippen LogP contribution in [-0.2, 0) is 0 Å². The number of hydrogen-bond acceptors (Lipinski definition) is 2. The third kappa shape index (κ3) is 3.33. The minimum Gasteiger partial charge on any atom is -0.306 e. The van der Waals surface area contributed by atoms with Gasteiger partial charge < -0.3 is 9.80 Å². The highest BCUT2D eigenvalue weighted by molar-refractivity contribution is 4.91. The summed E-state index contributed by atoms with van der Waals surface area (Å²) in [4.78, 5) is 5.07. The van der Waals surface area contributed by atoms with Crippen molar-refractivity contribution in [3.63, 3.8) is 0 Å². The van der Waals surface area contributed by atoms with E-state index in [-0.39, 0.29) is 0 Å². The molecule has 0 aromatic rings. The zero-order chi connectivity index (χ0) is 11.4. The van der Waals surface area contributed by atoms with E-state index in [1.807, 2.05) is 0 Å². The van der Waals surface area contributed by atoms with Gasteiger partial charge >= 0.3 is 0 Å². The van der Waals surface area contributed by atoms with Crippen molar-refractivity contribution in [3.8, 4) is 0 Å². The van der Waals surface area contributed by atoms with E-state index in [0.29, 0.717) is 0 Å². The van der Waals surface area contributed by atoms with E-state index in [4.69, 9.17) is 0 Å². The maximum Gasteiger partial charge on any atom is 0.0117 e. The van der Waals surface area contributed by atoms with Crippen LogP contribution in [0.25, 0.3) is 0 Å². The first kappa shape index (κ1) is 12.1. The molecule has 0 N–H and O–H groups in total. The molecular weight excluding hydrogens is 196 g/mol. The van der Waals surface area contributed by atoms with Crippen LogP contribution in [0.5, 0.6) is 0 Å². The lowest BCUT2D eigenvalue weighted by molar-refractivity contribution is 0.127. The van der Waals surface area contributed by atoms with E-state index in [1.165, 1.54) is 51.7 Å². The van der Waals surface area contributed by atoms with Crippen LogP contribution in [0.3, 0.4) is 0 Å². The maximum atomic E-state index is 2.62. The average molecular weight is 222 g/mol. The van der Waals surface area contributed by atoms with Crippen LogP contribution in [0.1, 0.15) is 32.1 Å². The van der Waals surface area contributed by atoms with Gasteiger partial charge in [-0.15, -0.1) is 0 Å². The average Bonchev–Trinajstić information content (AvgIpc) is 2.31. The standard InChI is InChI=1S/C14H26N2/c1-15-10-8-14(9-11-15)16(2)12-13-6-4-3-5-7-13/h3-4,13-14H,5-12H2,1-2H3. The third-order valence-electron chi connectivity index (χ3n) is 4.24. The minimum atomic E-state index is 0.835. The Bertz CT molecular complexity index is 229. The summed E-state index contributed by atoms with van der Waals surface area (Å²) >= 11 is 0. The molecule has 1 fully saturated rings. The molecule has 1 unspecified atom stereocenters. The van der Waals surface area contributed by atoms with Gasteiger partial charge in [0.25, 0.3) is 0 Å². The minimum absolute atomic E-state index is 0.835. The molecule has 0 spiro atoms. The molecule has 0 saturated carbocycles. The van der Waals surface area contributed by atoms with Crippen LogP contribution in [0.4, 0.5) is 0 Å². The summed E-state index contributed by atoms with van der Waals surface area (Å²) in [6, 6.07) is 0.835. The number of likely N-dealkylation sites (tertiary alicyclic amines) is 1. The van der Waals surface area contributed by atoms with Gasteiger partial charge in [0.1, 0.15) is 0 Å². The highest BCUT2D eigenvalue weighted by Gasteiger charge is 2.22. The van der Waals surface area contributed by atoms with Gasteiger partial charge in [-0.05, 0) is 65.2 Å². The van der Waals surface area contributed by atoms with Gasteiger partial charge in [0.2, 0.25) is 0 Å². The van der Waals surface area contributed by atoms with Crippen LogP contribution in [0.2, 0.25) is 0 Å². The van der Waals surface area contributed by atoms with Crippen molar-refractivity contribution in [1.29, 1.82) is 0 Å².